The number of aryl methyl sites for hydroxylation is 2. The lowest BCUT2D eigenvalue weighted by atomic mass is 10.0. The summed E-state index contributed by atoms with van der Waals surface area (Å²) >= 11 is 0. The van der Waals surface area contributed by atoms with E-state index in [-0.39, 0.29) is 6.03 Å². The molecule has 4 heteroatoms. The number of fused-ring (bicyclic) bond motifs is 3. The van der Waals surface area contributed by atoms with E-state index in [2.05, 4.69) is 60.3 Å². The minimum atomic E-state index is -0.0252. The van der Waals surface area contributed by atoms with Crippen molar-refractivity contribution in [2.45, 2.75) is 26.3 Å². The van der Waals surface area contributed by atoms with Gasteiger partial charge in [-0.1, -0.05) is 37.3 Å². The predicted molar refractivity (Wildman–Crippen MR) is 102 cm³/mol. The number of amides is 2. The third-order valence-electron chi connectivity index (χ3n) is 5.21. The van der Waals surface area contributed by atoms with Gasteiger partial charge < -0.3 is 14.8 Å². The zero-order chi connectivity index (χ0) is 17.4. The maximum absolute atomic E-state index is 12.7. The standard InChI is InChI=1S/C21H23N3O/c1-3-15-8-10-16(11-9-15)22-21(25)24-13-12-20-18(14-24)17-6-4-5-7-19(17)23(20)2/h4-11H,3,12-14H2,1-2H3,(H,22,25). The minimum Gasteiger partial charge on any atom is -0.347 e. The molecule has 0 aliphatic carbocycles. The van der Waals surface area contributed by atoms with Crippen molar-refractivity contribution in [3.8, 4) is 0 Å². The molecule has 1 N–H and O–H groups in total. The van der Waals surface area contributed by atoms with Crippen LogP contribution in [0.3, 0.4) is 0 Å². The van der Waals surface area contributed by atoms with Gasteiger partial charge in [0.1, 0.15) is 0 Å². The second-order valence-corrected chi connectivity index (χ2v) is 6.65. The van der Waals surface area contributed by atoms with Crippen molar-refractivity contribution < 1.29 is 4.79 Å². The van der Waals surface area contributed by atoms with E-state index in [0.29, 0.717) is 6.54 Å². The average Bonchev–Trinajstić information content (AvgIpc) is 2.95. The summed E-state index contributed by atoms with van der Waals surface area (Å²) in [6, 6.07) is 16.5. The summed E-state index contributed by atoms with van der Waals surface area (Å²) in [5, 5.41) is 4.28. The highest BCUT2D eigenvalue weighted by atomic mass is 16.2. The van der Waals surface area contributed by atoms with Gasteiger partial charge in [0.05, 0.1) is 0 Å². The Morgan fingerprint density at radius 3 is 2.64 bits per heavy atom. The van der Waals surface area contributed by atoms with Crippen LogP contribution >= 0.6 is 0 Å². The van der Waals surface area contributed by atoms with Crippen LogP contribution in [0.1, 0.15) is 23.7 Å². The Balaban J connectivity index is 1.55. The number of carbonyl (C=O) groups excluding carboxylic acids is 1. The van der Waals surface area contributed by atoms with Gasteiger partial charge in [0.2, 0.25) is 0 Å². The Labute approximate surface area is 148 Å². The molecule has 4 nitrogen and oxygen atoms in total. The van der Waals surface area contributed by atoms with Crippen molar-refractivity contribution in [2.24, 2.45) is 7.05 Å². The molecule has 0 unspecified atom stereocenters. The fourth-order valence-corrected chi connectivity index (χ4v) is 3.73. The molecule has 0 fully saturated rings. The number of hydrogen-bond acceptors (Lipinski definition) is 1. The highest BCUT2D eigenvalue weighted by Crippen LogP contribution is 2.30. The summed E-state index contributed by atoms with van der Waals surface area (Å²) in [4.78, 5) is 14.6. The molecule has 0 saturated heterocycles. The van der Waals surface area contributed by atoms with E-state index in [1.807, 2.05) is 17.0 Å². The maximum Gasteiger partial charge on any atom is 0.322 e. The van der Waals surface area contributed by atoms with Crippen LogP contribution in [0.4, 0.5) is 10.5 Å². The number of urea groups is 1. The van der Waals surface area contributed by atoms with Gasteiger partial charge in [-0.15, -0.1) is 0 Å². The van der Waals surface area contributed by atoms with Crippen LogP contribution in [0.15, 0.2) is 48.5 Å². The van der Waals surface area contributed by atoms with E-state index in [1.54, 1.807) is 0 Å². The van der Waals surface area contributed by atoms with Gasteiger partial charge in [-0.25, -0.2) is 4.79 Å². The Bertz CT molecular complexity index is 924. The molecular weight excluding hydrogens is 310 g/mol. The lowest BCUT2D eigenvalue weighted by Crippen LogP contribution is -2.39. The Kier molecular flexibility index (Phi) is 3.96. The van der Waals surface area contributed by atoms with E-state index >= 15 is 0 Å². The number of benzene rings is 2. The number of rotatable bonds is 2. The fourth-order valence-electron chi connectivity index (χ4n) is 3.73. The molecule has 2 amide bonds. The van der Waals surface area contributed by atoms with Crippen LogP contribution in [-0.2, 0) is 26.4 Å². The quantitative estimate of drug-likeness (QED) is 0.744. The Morgan fingerprint density at radius 1 is 1.12 bits per heavy atom. The third kappa shape index (κ3) is 2.78. The first-order valence-corrected chi connectivity index (χ1v) is 8.87. The van der Waals surface area contributed by atoms with Crippen molar-refractivity contribution in [3.63, 3.8) is 0 Å². The van der Waals surface area contributed by atoms with Gasteiger partial charge in [0.15, 0.2) is 0 Å². The third-order valence-corrected chi connectivity index (χ3v) is 5.21. The molecule has 1 aliphatic rings. The van der Waals surface area contributed by atoms with Gasteiger partial charge in [-0.05, 0) is 30.2 Å². The van der Waals surface area contributed by atoms with Crippen molar-refractivity contribution in [3.05, 3.63) is 65.4 Å². The minimum absolute atomic E-state index is 0.0252. The van der Waals surface area contributed by atoms with Crippen molar-refractivity contribution in [1.82, 2.24) is 9.47 Å². The van der Waals surface area contributed by atoms with Crippen LogP contribution in [0.25, 0.3) is 10.9 Å². The summed E-state index contributed by atoms with van der Waals surface area (Å²) in [7, 11) is 2.12. The first-order chi connectivity index (χ1) is 12.2. The summed E-state index contributed by atoms with van der Waals surface area (Å²) in [6.07, 6.45) is 1.90. The molecule has 1 aromatic heterocycles. The first-order valence-electron chi connectivity index (χ1n) is 8.87. The van der Waals surface area contributed by atoms with Crippen LogP contribution in [-0.4, -0.2) is 22.0 Å². The number of anilines is 1. The Hall–Kier alpha value is -2.75. The second-order valence-electron chi connectivity index (χ2n) is 6.65. The molecule has 0 bridgehead atoms. The lowest BCUT2D eigenvalue weighted by molar-refractivity contribution is 0.206. The van der Waals surface area contributed by atoms with Crippen LogP contribution in [0.5, 0.6) is 0 Å². The zero-order valence-corrected chi connectivity index (χ0v) is 14.7. The normalized spacial score (nSPS) is 13.8. The Morgan fingerprint density at radius 2 is 1.88 bits per heavy atom. The summed E-state index contributed by atoms with van der Waals surface area (Å²) < 4.78 is 2.27. The van der Waals surface area contributed by atoms with E-state index < -0.39 is 0 Å². The number of nitrogens with one attached hydrogen (secondary N) is 1. The molecule has 25 heavy (non-hydrogen) atoms. The summed E-state index contributed by atoms with van der Waals surface area (Å²) in [5.41, 5.74) is 5.99. The molecule has 2 heterocycles. The maximum atomic E-state index is 12.7. The van der Waals surface area contributed by atoms with Gasteiger partial charge in [-0.2, -0.15) is 0 Å². The number of carbonyl (C=O) groups is 1. The molecule has 3 aromatic rings. The molecule has 2 aromatic carbocycles. The van der Waals surface area contributed by atoms with Crippen LogP contribution in [0.2, 0.25) is 0 Å². The van der Waals surface area contributed by atoms with Crippen molar-refractivity contribution in [1.29, 1.82) is 0 Å². The molecule has 0 radical (unpaired) electrons. The molecule has 4 rings (SSSR count). The van der Waals surface area contributed by atoms with E-state index in [1.165, 1.54) is 27.7 Å². The lowest BCUT2D eigenvalue weighted by Gasteiger charge is -2.28. The summed E-state index contributed by atoms with van der Waals surface area (Å²) in [6.45, 7) is 3.54. The van der Waals surface area contributed by atoms with E-state index in [0.717, 1.165) is 25.1 Å². The second kappa shape index (κ2) is 6.28. The molecule has 0 spiro atoms. The van der Waals surface area contributed by atoms with Crippen molar-refractivity contribution in [2.75, 3.05) is 11.9 Å². The van der Waals surface area contributed by atoms with Gasteiger partial charge in [0.25, 0.3) is 0 Å². The van der Waals surface area contributed by atoms with Crippen LogP contribution < -0.4 is 5.32 Å². The van der Waals surface area contributed by atoms with Gasteiger partial charge >= 0.3 is 6.03 Å². The molecular formula is C21H23N3O. The fraction of sp³-hybridized carbons (Fsp3) is 0.286. The molecule has 0 atom stereocenters. The zero-order valence-electron chi connectivity index (χ0n) is 14.7. The van der Waals surface area contributed by atoms with Crippen molar-refractivity contribution >= 4 is 22.6 Å². The van der Waals surface area contributed by atoms with E-state index in [9.17, 15) is 4.79 Å². The number of hydrogen-bond donors (Lipinski definition) is 1. The number of para-hydroxylation sites is 1. The predicted octanol–water partition coefficient (Wildman–Crippen LogP) is 4.33. The largest absolute Gasteiger partial charge is 0.347 e. The van der Waals surface area contributed by atoms with Gasteiger partial charge in [0, 0.05) is 54.4 Å². The monoisotopic (exact) mass is 333 g/mol. The van der Waals surface area contributed by atoms with E-state index in [4.69, 9.17) is 0 Å². The van der Waals surface area contributed by atoms with Gasteiger partial charge in [-0.3, -0.25) is 0 Å². The molecule has 1 aliphatic heterocycles. The summed E-state index contributed by atoms with van der Waals surface area (Å²) in [5.74, 6) is 0. The topological polar surface area (TPSA) is 37.3 Å². The molecule has 128 valence electrons. The highest BCUT2D eigenvalue weighted by molar-refractivity contribution is 5.91. The number of aromatic nitrogens is 1. The first kappa shape index (κ1) is 15.8. The van der Waals surface area contributed by atoms with Crippen LogP contribution in [0, 0.1) is 0 Å². The molecule has 0 saturated carbocycles. The SMILES string of the molecule is CCc1ccc(NC(=O)N2CCc3c(c4ccccc4n3C)C2)cc1. The smallest absolute Gasteiger partial charge is 0.322 e. The average molecular weight is 333 g/mol. The number of nitrogens with zero attached hydrogens (tertiary/aromatic N) is 2. The highest BCUT2D eigenvalue weighted by Gasteiger charge is 2.25.